The molecule has 1 atom stereocenters. The van der Waals surface area contributed by atoms with Crippen molar-refractivity contribution in [3.63, 3.8) is 0 Å². The molecule has 1 heterocycles. The monoisotopic (exact) mass is 336 g/mol. The second kappa shape index (κ2) is 6.08. The maximum Gasteiger partial charge on any atom is 0.418 e. The molecule has 1 aromatic rings. The Labute approximate surface area is 131 Å². The quantitative estimate of drug-likeness (QED) is 0.778. The predicted molar refractivity (Wildman–Crippen MR) is 83.3 cm³/mol. The molecule has 116 valence electrons. The number of nitrogens with one attached hydrogen (secondary N) is 1. The van der Waals surface area contributed by atoms with E-state index in [1.807, 2.05) is 13.8 Å². The van der Waals surface area contributed by atoms with Crippen molar-refractivity contribution in [3.8, 4) is 0 Å². The van der Waals surface area contributed by atoms with Crippen molar-refractivity contribution in [1.82, 2.24) is 0 Å². The lowest BCUT2D eigenvalue weighted by atomic mass is 9.97. The highest BCUT2D eigenvalue weighted by molar-refractivity contribution is 8.14. The summed E-state index contributed by atoms with van der Waals surface area (Å²) in [4.78, 5) is 4.53. The summed E-state index contributed by atoms with van der Waals surface area (Å²) in [6, 6.07) is 3.75. The highest BCUT2D eigenvalue weighted by atomic mass is 35.5. The van der Waals surface area contributed by atoms with Gasteiger partial charge in [0.15, 0.2) is 5.17 Å². The lowest BCUT2D eigenvalue weighted by Crippen LogP contribution is -2.30. The van der Waals surface area contributed by atoms with E-state index in [-0.39, 0.29) is 16.2 Å². The van der Waals surface area contributed by atoms with E-state index in [1.54, 1.807) is 0 Å². The Balaban J connectivity index is 2.36. The Kier molecular flexibility index (Phi) is 4.78. The van der Waals surface area contributed by atoms with Crippen LogP contribution in [-0.4, -0.2) is 16.5 Å². The second-order valence-corrected chi connectivity index (χ2v) is 6.64. The third-order valence-electron chi connectivity index (χ3n) is 3.56. The van der Waals surface area contributed by atoms with Gasteiger partial charge < -0.3 is 5.32 Å². The average molecular weight is 337 g/mol. The van der Waals surface area contributed by atoms with E-state index >= 15 is 0 Å². The average Bonchev–Trinajstić information content (AvgIpc) is 2.40. The Morgan fingerprint density at radius 2 is 2.14 bits per heavy atom. The summed E-state index contributed by atoms with van der Waals surface area (Å²) in [6.07, 6.45) is -2.71. The molecule has 21 heavy (non-hydrogen) atoms. The van der Waals surface area contributed by atoms with Gasteiger partial charge in [0, 0.05) is 5.75 Å². The van der Waals surface area contributed by atoms with Gasteiger partial charge in [0.2, 0.25) is 0 Å². The van der Waals surface area contributed by atoms with Crippen LogP contribution in [0.4, 0.5) is 18.9 Å². The van der Waals surface area contributed by atoms with Crippen LogP contribution in [-0.2, 0) is 6.18 Å². The fourth-order valence-electron chi connectivity index (χ4n) is 2.02. The van der Waals surface area contributed by atoms with Gasteiger partial charge in [-0.3, -0.25) is 4.99 Å². The van der Waals surface area contributed by atoms with Crippen LogP contribution >= 0.6 is 23.4 Å². The smallest absolute Gasteiger partial charge is 0.333 e. The van der Waals surface area contributed by atoms with Crippen LogP contribution in [0.15, 0.2) is 23.2 Å². The number of halogens is 4. The molecule has 1 N–H and O–H groups in total. The lowest BCUT2D eigenvalue weighted by Gasteiger charge is -2.29. The SMILES string of the molecule is CCC1(C)CCSC(Nc2c(Cl)cccc2C(F)(F)F)=N1. The van der Waals surface area contributed by atoms with Gasteiger partial charge in [0.1, 0.15) is 0 Å². The van der Waals surface area contributed by atoms with E-state index in [4.69, 9.17) is 11.6 Å². The number of nitrogens with zero attached hydrogens (tertiary/aromatic N) is 1. The summed E-state index contributed by atoms with van der Waals surface area (Å²) in [5, 5.41) is 3.30. The molecular formula is C14H16ClF3N2S. The number of para-hydroxylation sites is 1. The van der Waals surface area contributed by atoms with Crippen molar-refractivity contribution in [2.24, 2.45) is 4.99 Å². The van der Waals surface area contributed by atoms with Crippen molar-refractivity contribution >= 4 is 34.2 Å². The molecule has 0 aliphatic carbocycles. The van der Waals surface area contributed by atoms with E-state index in [0.717, 1.165) is 24.7 Å². The van der Waals surface area contributed by atoms with E-state index in [9.17, 15) is 13.2 Å². The largest absolute Gasteiger partial charge is 0.418 e. The molecule has 0 aromatic heterocycles. The highest BCUT2D eigenvalue weighted by Crippen LogP contribution is 2.39. The van der Waals surface area contributed by atoms with Crippen LogP contribution in [0.5, 0.6) is 0 Å². The fraction of sp³-hybridized carbons (Fsp3) is 0.500. The molecule has 2 nitrogen and oxygen atoms in total. The number of benzene rings is 1. The lowest BCUT2D eigenvalue weighted by molar-refractivity contribution is -0.136. The molecule has 2 rings (SSSR count). The van der Waals surface area contributed by atoms with Crippen LogP contribution in [0.2, 0.25) is 5.02 Å². The van der Waals surface area contributed by atoms with Crippen molar-refractivity contribution in [2.45, 2.75) is 38.4 Å². The fourth-order valence-corrected chi connectivity index (χ4v) is 3.43. The summed E-state index contributed by atoms with van der Waals surface area (Å²) < 4.78 is 39.2. The maximum absolute atomic E-state index is 13.1. The van der Waals surface area contributed by atoms with E-state index < -0.39 is 11.7 Å². The van der Waals surface area contributed by atoms with Gasteiger partial charge in [-0.05, 0) is 31.9 Å². The molecule has 0 amide bonds. The first-order valence-electron chi connectivity index (χ1n) is 6.60. The number of rotatable bonds is 2. The Morgan fingerprint density at radius 3 is 2.76 bits per heavy atom. The summed E-state index contributed by atoms with van der Waals surface area (Å²) >= 11 is 7.35. The summed E-state index contributed by atoms with van der Waals surface area (Å²) in [7, 11) is 0. The van der Waals surface area contributed by atoms with E-state index in [0.29, 0.717) is 5.17 Å². The third kappa shape index (κ3) is 3.86. The van der Waals surface area contributed by atoms with Crippen molar-refractivity contribution in [1.29, 1.82) is 0 Å². The topological polar surface area (TPSA) is 24.4 Å². The number of hydrogen-bond acceptors (Lipinski definition) is 3. The zero-order valence-electron chi connectivity index (χ0n) is 11.7. The maximum atomic E-state index is 13.1. The molecular weight excluding hydrogens is 321 g/mol. The summed E-state index contributed by atoms with van der Waals surface area (Å²) in [5.74, 6) is 0.821. The van der Waals surface area contributed by atoms with Gasteiger partial charge in [-0.15, -0.1) is 0 Å². The first-order valence-corrected chi connectivity index (χ1v) is 7.97. The zero-order chi connectivity index (χ0) is 15.7. The van der Waals surface area contributed by atoms with Gasteiger partial charge in [0.05, 0.1) is 21.8 Å². The van der Waals surface area contributed by atoms with Crippen LogP contribution in [0.25, 0.3) is 0 Å². The minimum Gasteiger partial charge on any atom is -0.333 e. The van der Waals surface area contributed by atoms with Gasteiger partial charge in [0.25, 0.3) is 0 Å². The molecule has 1 aliphatic rings. The number of thioether (sulfide) groups is 1. The molecule has 1 aliphatic heterocycles. The summed E-state index contributed by atoms with van der Waals surface area (Å²) in [5.41, 5.74) is -1.13. The Morgan fingerprint density at radius 1 is 1.43 bits per heavy atom. The van der Waals surface area contributed by atoms with Gasteiger partial charge in [-0.25, -0.2) is 0 Å². The standard InChI is InChI=1S/C14H16ClF3N2S/c1-3-13(2)7-8-21-12(20-13)19-11-9(14(16,17)18)5-4-6-10(11)15/h4-6H,3,7-8H2,1-2H3,(H,19,20). The molecule has 0 spiro atoms. The first-order chi connectivity index (χ1) is 9.75. The number of hydrogen-bond donors (Lipinski definition) is 1. The van der Waals surface area contributed by atoms with Gasteiger partial charge in [-0.2, -0.15) is 13.2 Å². The van der Waals surface area contributed by atoms with Gasteiger partial charge >= 0.3 is 6.18 Å². The molecule has 0 fully saturated rings. The number of anilines is 1. The molecule has 0 radical (unpaired) electrons. The van der Waals surface area contributed by atoms with Crippen molar-refractivity contribution in [3.05, 3.63) is 28.8 Å². The minimum absolute atomic E-state index is 0.0388. The highest BCUT2D eigenvalue weighted by Gasteiger charge is 2.35. The van der Waals surface area contributed by atoms with Crippen LogP contribution < -0.4 is 5.32 Å². The number of alkyl halides is 3. The predicted octanol–water partition coefficient (Wildman–Crippen LogP) is 5.43. The number of aliphatic imine (C=N–C) groups is 1. The van der Waals surface area contributed by atoms with E-state index in [1.165, 1.54) is 23.9 Å². The van der Waals surface area contributed by atoms with E-state index in [2.05, 4.69) is 10.3 Å². The van der Waals surface area contributed by atoms with Crippen molar-refractivity contribution < 1.29 is 13.2 Å². The molecule has 1 aromatic carbocycles. The van der Waals surface area contributed by atoms with Crippen molar-refractivity contribution in [2.75, 3.05) is 11.1 Å². The third-order valence-corrected chi connectivity index (χ3v) is 4.75. The van der Waals surface area contributed by atoms with Gasteiger partial charge in [-0.1, -0.05) is 36.4 Å². The normalized spacial score (nSPS) is 22.9. The summed E-state index contributed by atoms with van der Waals surface area (Å²) in [6.45, 7) is 4.03. The molecule has 1 unspecified atom stereocenters. The number of amidine groups is 1. The molecule has 0 bridgehead atoms. The zero-order valence-corrected chi connectivity index (χ0v) is 13.3. The first kappa shape index (κ1) is 16.5. The Bertz CT molecular complexity index is 560. The van der Waals surface area contributed by atoms with Crippen LogP contribution in [0.1, 0.15) is 32.3 Å². The second-order valence-electron chi connectivity index (χ2n) is 5.15. The molecule has 0 saturated heterocycles. The van der Waals surface area contributed by atoms with Crippen LogP contribution in [0.3, 0.4) is 0 Å². The molecule has 7 heteroatoms. The Hall–Kier alpha value is -0.880. The van der Waals surface area contributed by atoms with Crippen LogP contribution in [0, 0.1) is 0 Å². The minimum atomic E-state index is -4.46. The molecule has 0 saturated carbocycles.